The number of carbonyl (C=O) groups is 6. The van der Waals surface area contributed by atoms with Crippen LogP contribution < -0.4 is 9.80 Å². The standard InChI is InChI=1S/C31H15N5O9/c37-26-19-6-4-14(30(41)42)11-21(19)28(39)35(26)17-9-16(24-33-34-25(45-24)23-3-1-2-8-32-23)10-18(13-17)36-27(38)20-7-5-15(31(43)44)12-22(20)29(36)40/h1-13H,(H,41,42)(H,43,44). The predicted molar refractivity (Wildman–Crippen MR) is 152 cm³/mol. The third kappa shape index (κ3) is 4.24. The third-order valence-corrected chi connectivity index (χ3v) is 7.24. The van der Waals surface area contributed by atoms with Crippen LogP contribution in [-0.2, 0) is 0 Å². The Bertz CT molecular complexity index is 2060. The summed E-state index contributed by atoms with van der Waals surface area (Å²) >= 11 is 0. The quantitative estimate of drug-likeness (QED) is 0.267. The molecule has 0 saturated heterocycles. The highest BCUT2D eigenvalue weighted by molar-refractivity contribution is 6.36. The summed E-state index contributed by atoms with van der Waals surface area (Å²) < 4.78 is 5.81. The number of rotatable bonds is 6. The van der Waals surface area contributed by atoms with Crippen LogP contribution >= 0.6 is 0 Å². The van der Waals surface area contributed by atoms with E-state index in [2.05, 4.69) is 15.2 Å². The van der Waals surface area contributed by atoms with Gasteiger partial charge in [-0.1, -0.05) is 6.07 Å². The van der Waals surface area contributed by atoms with Gasteiger partial charge in [-0.15, -0.1) is 10.2 Å². The molecule has 0 unspecified atom stereocenters. The van der Waals surface area contributed by atoms with E-state index in [1.807, 2.05) is 0 Å². The number of hydrogen-bond acceptors (Lipinski definition) is 10. The normalized spacial score (nSPS) is 13.8. The van der Waals surface area contributed by atoms with E-state index in [1.165, 1.54) is 48.7 Å². The minimum atomic E-state index is -1.29. The van der Waals surface area contributed by atoms with Crippen molar-refractivity contribution in [1.29, 1.82) is 0 Å². The molecule has 7 rings (SSSR count). The number of carboxylic acids is 2. The van der Waals surface area contributed by atoms with Gasteiger partial charge in [-0.05, 0) is 66.7 Å². The average molecular weight is 601 g/mol. The zero-order chi connectivity index (χ0) is 31.6. The molecule has 3 aromatic carbocycles. The Hall–Kier alpha value is -6.83. The van der Waals surface area contributed by atoms with Crippen LogP contribution in [0.3, 0.4) is 0 Å². The van der Waals surface area contributed by atoms with E-state index in [1.54, 1.807) is 18.2 Å². The molecule has 14 heteroatoms. The molecule has 0 radical (unpaired) electrons. The predicted octanol–water partition coefficient (Wildman–Crippen LogP) is 3.80. The van der Waals surface area contributed by atoms with Crippen LogP contribution in [0, 0.1) is 0 Å². The Morgan fingerprint density at radius 2 is 1.11 bits per heavy atom. The summed E-state index contributed by atoms with van der Waals surface area (Å²) in [5.74, 6) is -5.88. The average Bonchev–Trinajstić information content (AvgIpc) is 3.70. The Morgan fingerprint density at radius 1 is 0.600 bits per heavy atom. The smallest absolute Gasteiger partial charge is 0.335 e. The second kappa shape index (κ2) is 9.88. The molecule has 0 atom stereocenters. The van der Waals surface area contributed by atoms with Crippen molar-refractivity contribution in [3.05, 3.63) is 112 Å². The van der Waals surface area contributed by atoms with Crippen LogP contribution in [0.5, 0.6) is 0 Å². The molecule has 4 heterocycles. The fourth-order valence-electron chi connectivity index (χ4n) is 5.13. The van der Waals surface area contributed by atoms with Crippen LogP contribution in [0.25, 0.3) is 23.0 Å². The van der Waals surface area contributed by atoms with Crippen LogP contribution in [-0.4, -0.2) is 61.0 Å². The Labute approximate surface area is 250 Å². The summed E-state index contributed by atoms with van der Waals surface area (Å²) in [5, 5.41) is 26.8. The van der Waals surface area contributed by atoms with Gasteiger partial charge >= 0.3 is 11.9 Å². The van der Waals surface area contributed by atoms with Crippen molar-refractivity contribution in [2.24, 2.45) is 0 Å². The van der Waals surface area contributed by atoms with E-state index in [4.69, 9.17) is 4.42 Å². The highest BCUT2D eigenvalue weighted by Gasteiger charge is 2.41. The van der Waals surface area contributed by atoms with Crippen molar-refractivity contribution in [3.8, 4) is 23.0 Å². The first-order valence-corrected chi connectivity index (χ1v) is 13.0. The lowest BCUT2D eigenvalue weighted by Gasteiger charge is -2.20. The van der Waals surface area contributed by atoms with E-state index in [0.717, 1.165) is 21.9 Å². The lowest BCUT2D eigenvalue weighted by atomic mass is 10.1. The van der Waals surface area contributed by atoms with Gasteiger partial charge in [-0.3, -0.25) is 24.2 Å². The highest BCUT2D eigenvalue weighted by atomic mass is 16.4. The maximum absolute atomic E-state index is 13.5. The number of benzene rings is 3. The first-order valence-electron chi connectivity index (χ1n) is 13.0. The fraction of sp³-hybridized carbons (Fsp3) is 0. The summed E-state index contributed by atoms with van der Waals surface area (Å²) in [5.41, 5.74) is -0.510. The van der Waals surface area contributed by atoms with Gasteiger partial charge in [0.15, 0.2) is 0 Å². The number of hydrogen-bond donors (Lipinski definition) is 2. The molecule has 0 spiro atoms. The zero-order valence-electron chi connectivity index (χ0n) is 22.5. The summed E-state index contributed by atoms with van der Waals surface area (Å²) in [6.45, 7) is 0. The van der Waals surface area contributed by atoms with Crippen molar-refractivity contribution in [2.75, 3.05) is 9.80 Å². The van der Waals surface area contributed by atoms with Crippen molar-refractivity contribution in [2.45, 2.75) is 0 Å². The number of carbonyl (C=O) groups excluding carboxylic acids is 4. The lowest BCUT2D eigenvalue weighted by Crippen LogP contribution is -2.32. The van der Waals surface area contributed by atoms with Gasteiger partial charge < -0.3 is 14.6 Å². The number of aromatic carboxylic acids is 2. The Morgan fingerprint density at radius 3 is 1.60 bits per heavy atom. The van der Waals surface area contributed by atoms with Crippen molar-refractivity contribution in [1.82, 2.24) is 15.2 Å². The highest BCUT2D eigenvalue weighted by Crippen LogP contribution is 2.38. The van der Waals surface area contributed by atoms with Gasteiger partial charge in [-0.25, -0.2) is 19.4 Å². The number of anilines is 2. The molecule has 2 aliphatic heterocycles. The molecule has 2 aromatic heterocycles. The van der Waals surface area contributed by atoms with Crippen LogP contribution in [0.2, 0.25) is 0 Å². The monoisotopic (exact) mass is 601 g/mol. The van der Waals surface area contributed by atoms with E-state index in [0.29, 0.717) is 5.69 Å². The van der Waals surface area contributed by atoms with Gasteiger partial charge in [0.1, 0.15) is 5.69 Å². The van der Waals surface area contributed by atoms with Gasteiger partial charge in [0.25, 0.3) is 29.5 Å². The third-order valence-electron chi connectivity index (χ3n) is 7.24. The van der Waals surface area contributed by atoms with Gasteiger partial charge in [0.05, 0.1) is 44.8 Å². The second-order valence-corrected chi connectivity index (χ2v) is 9.89. The van der Waals surface area contributed by atoms with Crippen LogP contribution in [0.15, 0.2) is 83.4 Å². The van der Waals surface area contributed by atoms with E-state index >= 15 is 0 Å². The van der Waals surface area contributed by atoms with E-state index in [-0.39, 0.29) is 62.1 Å². The number of pyridine rings is 1. The van der Waals surface area contributed by atoms with Gasteiger partial charge in [0.2, 0.25) is 5.89 Å². The molecule has 5 aromatic rings. The van der Waals surface area contributed by atoms with Gasteiger partial charge in [0, 0.05) is 11.8 Å². The largest absolute Gasteiger partial charge is 0.478 e. The first kappa shape index (κ1) is 27.0. The molecule has 45 heavy (non-hydrogen) atoms. The van der Waals surface area contributed by atoms with Crippen molar-refractivity contribution in [3.63, 3.8) is 0 Å². The summed E-state index contributed by atoms with van der Waals surface area (Å²) in [6, 6.07) is 16.0. The maximum atomic E-state index is 13.5. The first-order chi connectivity index (χ1) is 21.6. The molecular weight excluding hydrogens is 586 g/mol. The van der Waals surface area contributed by atoms with Crippen LogP contribution in [0.1, 0.15) is 62.1 Å². The lowest BCUT2D eigenvalue weighted by molar-refractivity contribution is 0.0686. The van der Waals surface area contributed by atoms with Crippen molar-refractivity contribution < 1.29 is 43.4 Å². The SMILES string of the molecule is O=C(O)c1ccc2c(c1)C(=O)N(c1cc(-c3nnc(-c4ccccn4)o3)cc(N3C(=O)c4ccc(C(=O)O)cc4C3=O)c1)C2=O. The number of nitrogens with zero attached hydrogens (tertiary/aromatic N) is 5. The molecule has 2 aliphatic rings. The summed E-state index contributed by atoms with van der Waals surface area (Å²) in [4.78, 5) is 82.7. The Kier molecular flexibility index (Phi) is 5.93. The van der Waals surface area contributed by atoms with Crippen LogP contribution in [0.4, 0.5) is 11.4 Å². The van der Waals surface area contributed by atoms with Crippen molar-refractivity contribution >= 4 is 46.9 Å². The molecule has 2 N–H and O–H groups in total. The number of amides is 4. The van der Waals surface area contributed by atoms with E-state index < -0.39 is 35.6 Å². The summed E-state index contributed by atoms with van der Waals surface area (Å²) in [7, 11) is 0. The Balaban J connectivity index is 1.37. The van der Waals surface area contributed by atoms with E-state index in [9.17, 15) is 39.0 Å². The number of aromatic nitrogens is 3. The molecule has 0 aliphatic carbocycles. The summed E-state index contributed by atoms with van der Waals surface area (Å²) in [6.07, 6.45) is 1.52. The number of fused-ring (bicyclic) bond motifs is 2. The molecule has 14 nitrogen and oxygen atoms in total. The second-order valence-electron chi connectivity index (χ2n) is 9.89. The molecule has 0 saturated carbocycles. The fourth-order valence-corrected chi connectivity index (χ4v) is 5.13. The molecule has 4 amide bonds. The zero-order valence-corrected chi connectivity index (χ0v) is 22.5. The molecular formula is C31H15N5O9. The topological polar surface area (TPSA) is 201 Å². The molecule has 0 fully saturated rings. The maximum Gasteiger partial charge on any atom is 0.335 e. The minimum absolute atomic E-state index is 0.0430. The number of carboxylic acid groups (broad SMARTS) is 2. The minimum Gasteiger partial charge on any atom is -0.478 e. The number of imide groups is 2. The molecule has 218 valence electrons. The molecule has 0 bridgehead atoms. The van der Waals surface area contributed by atoms with Gasteiger partial charge in [-0.2, -0.15) is 0 Å².